The van der Waals surface area contributed by atoms with Gasteiger partial charge in [-0.1, -0.05) is 31.2 Å². The molecule has 0 aliphatic heterocycles. The van der Waals surface area contributed by atoms with E-state index in [-0.39, 0.29) is 0 Å². The standard InChI is InChI=1S/C6H14N2O2S2/c7-12-4-2-1-3-5(8-11)6(9)10/h5,8,11H,1-4,7H2,(H,9,10). The Balaban J connectivity index is 3.38. The highest BCUT2D eigenvalue weighted by atomic mass is 32.2. The molecule has 0 saturated carbocycles. The number of nitrogens with one attached hydrogen (secondary N) is 1. The lowest BCUT2D eigenvalue weighted by Crippen LogP contribution is -2.30. The minimum atomic E-state index is -0.856. The van der Waals surface area contributed by atoms with Gasteiger partial charge in [-0.25, -0.2) is 0 Å². The summed E-state index contributed by atoms with van der Waals surface area (Å²) in [6, 6.07) is -0.545. The third kappa shape index (κ3) is 5.70. The van der Waals surface area contributed by atoms with Gasteiger partial charge in [0.05, 0.1) is 0 Å². The van der Waals surface area contributed by atoms with Gasteiger partial charge >= 0.3 is 5.97 Å². The molecule has 0 fully saturated rings. The van der Waals surface area contributed by atoms with E-state index < -0.39 is 12.0 Å². The Morgan fingerprint density at radius 3 is 2.75 bits per heavy atom. The molecule has 0 aromatic rings. The summed E-state index contributed by atoms with van der Waals surface area (Å²) in [4.78, 5) is 10.5. The van der Waals surface area contributed by atoms with Crippen molar-refractivity contribution in [1.82, 2.24) is 4.72 Å². The summed E-state index contributed by atoms with van der Waals surface area (Å²) < 4.78 is 2.44. The van der Waals surface area contributed by atoms with Crippen LogP contribution in [0.5, 0.6) is 0 Å². The summed E-state index contributed by atoms with van der Waals surface area (Å²) in [5.41, 5.74) is 0. The first-order valence-electron chi connectivity index (χ1n) is 3.66. The van der Waals surface area contributed by atoms with Crippen LogP contribution in [0.3, 0.4) is 0 Å². The largest absolute Gasteiger partial charge is 0.480 e. The summed E-state index contributed by atoms with van der Waals surface area (Å²) in [7, 11) is 0. The third-order valence-corrected chi connectivity index (χ3v) is 2.29. The van der Waals surface area contributed by atoms with Crippen molar-refractivity contribution in [2.45, 2.75) is 25.3 Å². The van der Waals surface area contributed by atoms with Gasteiger partial charge in [-0.15, -0.1) is 0 Å². The minimum absolute atomic E-state index is 0.545. The van der Waals surface area contributed by atoms with Gasteiger partial charge in [0, 0.05) is 5.75 Å². The first-order valence-corrected chi connectivity index (χ1v) is 5.16. The molecule has 0 rings (SSSR count). The van der Waals surface area contributed by atoms with E-state index >= 15 is 0 Å². The fraction of sp³-hybridized carbons (Fsp3) is 0.833. The van der Waals surface area contributed by atoms with Crippen molar-refractivity contribution in [3.63, 3.8) is 0 Å². The number of carboxylic acid groups (broad SMARTS) is 1. The van der Waals surface area contributed by atoms with Crippen LogP contribution in [0, 0.1) is 0 Å². The molecule has 4 N–H and O–H groups in total. The van der Waals surface area contributed by atoms with Crippen molar-refractivity contribution < 1.29 is 9.90 Å². The highest BCUT2D eigenvalue weighted by Gasteiger charge is 2.13. The van der Waals surface area contributed by atoms with E-state index in [1.165, 1.54) is 11.9 Å². The molecule has 0 amide bonds. The van der Waals surface area contributed by atoms with Crippen LogP contribution >= 0.6 is 24.8 Å². The molecular formula is C6H14N2O2S2. The summed E-state index contributed by atoms with van der Waals surface area (Å²) >= 11 is 5.00. The van der Waals surface area contributed by atoms with Crippen molar-refractivity contribution in [3.8, 4) is 0 Å². The van der Waals surface area contributed by atoms with Crippen LogP contribution < -0.4 is 9.86 Å². The number of carbonyl (C=O) groups is 1. The molecule has 0 aliphatic carbocycles. The van der Waals surface area contributed by atoms with E-state index in [2.05, 4.69) is 17.5 Å². The molecule has 0 aromatic heterocycles. The SMILES string of the molecule is NSCCCCC(NS)C(=O)O. The van der Waals surface area contributed by atoms with Gasteiger partial charge < -0.3 is 5.11 Å². The maximum Gasteiger partial charge on any atom is 0.321 e. The molecule has 0 heterocycles. The van der Waals surface area contributed by atoms with Crippen LogP contribution in [-0.2, 0) is 4.79 Å². The average molecular weight is 210 g/mol. The Bertz CT molecular complexity index is 135. The highest BCUT2D eigenvalue weighted by Crippen LogP contribution is 2.04. The summed E-state index contributed by atoms with van der Waals surface area (Å²) in [6.07, 6.45) is 2.40. The number of hydrogen-bond donors (Lipinski definition) is 4. The topological polar surface area (TPSA) is 75.3 Å². The van der Waals surface area contributed by atoms with E-state index in [9.17, 15) is 4.79 Å². The fourth-order valence-corrected chi connectivity index (χ4v) is 1.39. The highest BCUT2D eigenvalue weighted by molar-refractivity contribution is 7.97. The lowest BCUT2D eigenvalue weighted by Gasteiger charge is -2.08. The first-order chi connectivity index (χ1) is 5.72. The number of unbranched alkanes of at least 4 members (excludes halogenated alkanes) is 1. The van der Waals surface area contributed by atoms with Crippen LogP contribution in [0.15, 0.2) is 0 Å². The molecule has 0 radical (unpaired) electrons. The zero-order chi connectivity index (χ0) is 9.40. The van der Waals surface area contributed by atoms with E-state index in [4.69, 9.17) is 10.2 Å². The molecule has 0 spiro atoms. The maximum absolute atomic E-state index is 10.5. The van der Waals surface area contributed by atoms with E-state index in [1.54, 1.807) is 0 Å². The number of hydrogen-bond acceptors (Lipinski definition) is 5. The molecule has 72 valence electrons. The van der Waals surface area contributed by atoms with Crippen molar-refractivity contribution in [3.05, 3.63) is 0 Å². The number of nitrogens with two attached hydrogens (primary N) is 1. The zero-order valence-electron chi connectivity index (χ0n) is 6.69. The second-order valence-electron chi connectivity index (χ2n) is 2.39. The molecule has 0 saturated heterocycles. The number of aliphatic carboxylic acids is 1. The first kappa shape index (κ1) is 12.1. The van der Waals surface area contributed by atoms with Crippen molar-refractivity contribution >= 4 is 30.7 Å². The average Bonchev–Trinajstić information content (AvgIpc) is 2.04. The monoisotopic (exact) mass is 210 g/mol. The zero-order valence-corrected chi connectivity index (χ0v) is 8.40. The van der Waals surface area contributed by atoms with Crippen molar-refractivity contribution in [2.24, 2.45) is 5.14 Å². The fourth-order valence-electron chi connectivity index (χ4n) is 0.777. The lowest BCUT2D eigenvalue weighted by molar-refractivity contribution is -0.139. The van der Waals surface area contributed by atoms with E-state index in [1.807, 2.05) is 0 Å². The van der Waals surface area contributed by atoms with Gasteiger partial charge in [0.25, 0.3) is 0 Å². The predicted molar refractivity (Wildman–Crippen MR) is 54.0 cm³/mol. The summed E-state index contributed by atoms with van der Waals surface area (Å²) in [6.45, 7) is 0. The quantitative estimate of drug-likeness (QED) is 0.282. The van der Waals surface area contributed by atoms with Crippen LogP contribution in [0.4, 0.5) is 0 Å². The molecule has 4 nitrogen and oxygen atoms in total. The van der Waals surface area contributed by atoms with Crippen molar-refractivity contribution in [2.75, 3.05) is 5.75 Å². The second-order valence-corrected chi connectivity index (χ2v) is 3.39. The molecule has 6 heteroatoms. The number of carboxylic acids is 1. The normalized spacial score (nSPS) is 12.8. The minimum Gasteiger partial charge on any atom is -0.480 e. The summed E-state index contributed by atoms with van der Waals surface area (Å²) in [5.74, 6) is 0.0178. The molecule has 1 atom stereocenters. The molecule has 1 unspecified atom stereocenters. The predicted octanol–water partition coefficient (Wildman–Crippen LogP) is 0.651. The van der Waals surface area contributed by atoms with Crippen LogP contribution in [-0.4, -0.2) is 22.9 Å². The van der Waals surface area contributed by atoms with Gasteiger partial charge in [0.2, 0.25) is 0 Å². The Hall–Kier alpha value is 0.0900. The Kier molecular flexibility index (Phi) is 7.78. The molecule has 0 aromatic carbocycles. The molecule has 0 aliphatic rings. The molecule has 12 heavy (non-hydrogen) atoms. The van der Waals surface area contributed by atoms with Crippen LogP contribution in [0.2, 0.25) is 0 Å². The number of rotatable bonds is 7. The Morgan fingerprint density at radius 2 is 2.33 bits per heavy atom. The van der Waals surface area contributed by atoms with Crippen LogP contribution in [0.1, 0.15) is 19.3 Å². The van der Waals surface area contributed by atoms with Crippen molar-refractivity contribution in [1.29, 1.82) is 0 Å². The Morgan fingerprint density at radius 1 is 1.67 bits per heavy atom. The van der Waals surface area contributed by atoms with Gasteiger partial charge in [-0.3, -0.25) is 14.7 Å². The maximum atomic E-state index is 10.5. The second kappa shape index (κ2) is 7.72. The van der Waals surface area contributed by atoms with Gasteiger partial charge in [-0.2, -0.15) is 0 Å². The smallest absolute Gasteiger partial charge is 0.321 e. The third-order valence-electron chi connectivity index (χ3n) is 1.46. The van der Waals surface area contributed by atoms with Gasteiger partial charge in [-0.05, 0) is 12.8 Å². The van der Waals surface area contributed by atoms with Gasteiger partial charge in [0.15, 0.2) is 0 Å². The lowest BCUT2D eigenvalue weighted by atomic mass is 10.1. The number of thiol groups is 1. The summed E-state index contributed by atoms with van der Waals surface area (Å²) in [5, 5.41) is 13.8. The Labute approximate surface area is 82.0 Å². The van der Waals surface area contributed by atoms with Crippen LogP contribution in [0.25, 0.3) is 0 Å². The molecule has 0 bridgehead atoms. The van der Waals surface area contributed by atoms with Gasteiger partial charge in [0.1, 0.15) is 6.04 Å². The van der Waals surface area contributed by atoms with E-state index in [0.717, 1.165) is 18.6 Å². The molecular weight excluding hydrogens is 196 g/mol. The van der Waals surface area contributed by atoms with E-state index in [0.29, 0.717) is 6.42 Å².